The summed E-state index contributed by atoms with van der Waals surface area (Å²) in [5.74, 6) is 5.00. The quantitative estimate of drug-likeness (QED) is 0.823. The molecule has 8 bridgehead atoms. The second-order valence-corrected chi connectivity index (χ2v) is 10.5. The minimum absolute atomic E-state index is 0.0158. The van der Waals surface area contributed by atoms with Crippen LogP contribution in [-0.2, 0) is 4.74 Å². The van der Waals surface area contributed by atoms with E-state index in [0.29, 0.717) is 0 Å². The Hall–Kier alpha value is -0.120. The number of hydrogen-bond donors (Lipinski definition) is 2. The molecule has 4 N–H and O–H groups in total. The van der Waals surface area contributed by atoms with Gasteiger partial charge in [-0.05, 0) is 99.7 Å². The summed E-state index contributed by atoms with van der Waals surface area (Å²) in [5, 5.41) is 0. The molecule has 3 heteroatoms. The van der Waals surface area contributed by atoms with Gasteiger partial charge in [0.2, 0.25) is 0 Å². The molecule has 8 rings (SSSR count). The first kappa shape index (κ1) is 14.1. The van der Waals surface area contributed by atoms with Crippen molar-refractivity contribution >= 4 is 0 Å². The average Bonchev–Trinajstić information content (AvgIpc) is 2.48. The highest BCUT2D eigenvalue weighted by Crippen LogP contribution is 2.62. The van der Waals surface area contributed by atoms with Crippen molar-refractivity contribution in [2.75, 3.05) is 0 Å². The Morgan fingerprint density at radius 3 is 1.26 bits per heavy atom. The Kier molecular flexibility index (Phi) is 2.66. The topological polar surface area (TPSA) is 61.3 Å². The van der Waals surface area contributed by atoms with Crippen molar-refractivity contribution in [2.45, 2.75) is 87.5 Å². The van der Waals surface area contributed by atoms with Gasteiger partial charge in [-0.1, -0.05) is 0 Å². The van der Waals surface area contributed by atoms with Crippen LogP contribution in [-0.4, -0.2) is 23.3 Å². The number of ether oxygens (including phenoxy) is 1. The van der Waals surface area contributed by atoms with Crippen LogP contribution in [0.25, 0.3) is 0 Å². The molecule has 0 radical (unpaired) electrons. The highest BCUT2D eigenvalue weighted by atomic mass is 16.5. The van der Waals surface area contributed by atoms with Crippen LogP contribution in [0.15, 0.2) is 0 Å². The van der Waals surface area contributed by atoms with Crippen molar-refractivity contribution in [1.82, 2.24) is 0 Å². The fourth-order valence-corrected chi connectivity index (χ4v) is 8.72. The lowest BCUT2D eigenvalue weighted by atomic mass is 9.50. The first-order chi connectivity index (χ1) is 11.1. The molecule has 8 aliphatic rings. The lowest BCUT2D eigenvalue weighted by Gasteiger charge is -2.66. The van der Waals surface area contributed by atoms with Crippen LogP contribution in [0.3, 0.4) is 0 Å². The first-order valence-corrected chi connectivity index (χ1v) is 10.3. The first-order valence-electron chi connectivity index (χ1n) is 10.3. The summed E-state index contributed by atoms with van der Waals surface area (Å²) in [6.45, 7) is 0. The van der Waals surface area contributed by atoms with E-state index in [2.05, 4.69) is 0 Å². The van der Waals surface area contributed by atoms with Gasteiger partial charge < -0.3 is 16.2 Å². The van der Waals surface area contributed by atoms with E-state index in [9.17, 15) is 0 Å². The molecule has 0 aliphatic heterocycles. The van der Waals surface area contributed by atoms with E-state index < -0.39 is 0 Å². The van der Waals surface area contributed by atoms with Crippen molar-refractivity contribution in [3.05, 3.63) is 0 Å². The molecule has 6 unspecified atom stereocenters. The minimum atomic E-state index is -0.0158. The highest BCUT2D eigenvalue weighted by Gasteiger charge is 2.63. The standard InChI is InChI=1S/C20H32N2O/c21-17-15-3-11-1-12(4-15)8-19(17,7-11)23-20-9-13-2-14(10-20)6-16(5-13)18(20)22/h11-18H,1-10,21-22H2. The Bertz CT molecular complexity index is 460. The van der Waals surface area contributed by atoms with Gasteiger partial charge in [-0.3, -0.25) is 0 Å². The van der Waals surface area contributed by atoms with E-state index in [1.54, 1.807) is 0 Å². The van der Waals surface area contributed by atoms with Crippen molar-refractivity contribution in [3.8, 4) is 0 Å². The van der Waals surface area contributed by atoms with Gasteiger partial charge in [0.1, 0.15) is 0 Å². The van der Waals surface area contributed by atoms with Crippen LogP contribution < -0.4 is 11.5 Å². The molecule has 8 aliphatic carbocycles. The lowest BCUT2D eigenvalue weighted by Crippen LogP contribution is -2.72. The molecule has 0 aromatic heterocycles. The van der Waals surface area contributed by atoms with Crippen LogP contribution in [0.1, 0.15) is 64.2 Å². The fraction of sp³-hybridized carbons (Fsp3) is 1.00. The van der Waals surface area contributed by atoms with Gasteiger partial charge in [0.05, 0.1) is 11.2 Å². The monoisotopic (exact) mass is 316 g/mol. The summed E-state index contributed by atoms with van der Waals surface area (Å²) in [4.78, 5) is 0. The fourth-order valence-electron chi connectivity index (χ4n) is 8.72. The molecule has 8 saturated carbocycles. The third-order valence-corrected chi connectivity index (χ3v) is 9.05. The zero-order valence-corrected chi connectivity index (χ0v) is 14.3. The van der Waals surface area contributed by atoms with Gasteiger partial charge in [0.15, 0.2) is 0 Å². The van der Waals surface area contributed by atoms with Crippen molar-refractivity contribution in [1.29, 1.82) is 0 Å². The number of hydrogen-bond acceptors (Lipinski definition) is 3. The molecule has 6 atom stereocenters. The molecular weight excluding hydrogens is 284 g/mol. The SMILES string of the molecule is NC1C2CC3CC(C2)CC1(OC12CC4CC(CC(C4)C1N)C2)C3. The molecule has 8 fully saturated rings. The summed E-state index contributed by atoms with van der Waals surface area (Å²) in [6, 6.07) is 0.547. The molecule has 0 heterocycles. The molecule has 0 aromatic rings. The second kappa shape index (κ2) is 4.34. The molecule has 3 nitrogen and oxygen atoms in total. The summed E-state index contributed by atoms with van der Waals surface area (Å²) in [7, 11) is 0. The molecule has 128 valence electrons. The van der Waals surface area contributed by atoms with Crippen LogP contribution in [0.4, 0.5) is 0 Å². The maximum absolute atomic E-state index is 7.23. The minimum Gasteiger partial charge on any atom is -0.365 e. The van der Waals surface area contributed by atoms with Crippen molar-refractivity contribution in [2.24, 2.45) is 47.0 Å². The van der Waals surface area contributed by atoms with Gasteiger partial charge in [-0.25, -0.2) is 0 Å². The Labute approximate surface area is 139 Å². The van der Waals surface area contributed by atoms with E-state index in [4.69, 9.17) is 16.2 Å². The summed E-state index contributed by atoms with van der Waals surface area (Å²) in [5.41, 5.74) is 13.6. The molecule has 0 saturated heterocycles. The smallest absolute Gasteiger partial charge is 0.0848 e. The van der Waals surface area contributed by atoms with E-state index in [1.807, 2.05) is 0 Å². The van der Waals surface area contributed by atoms with Gasteiger partial charge >= 0.3 is 0 Å². The van der Waals surface area contributed by atoms with Gasteiger partial charge in [-0.15, -0.1) is 0 Å². The lowest BCUT2D eigenvalue weighted by molar-refractivity contribution is -0.278. The molecule has 0 spiro atoms. The largest absolute Gasteiger partial charge is 0.365 e. The van der Waals surface area contributed by atoms with E-state index in [-0.39, 0.29) is 23.3 Å². The molecule has 0 aromatic carbocycles. The zero-order chi connectivity index (χ0) is 15.4. The third kappa shape index (κ3) is 1.77. The van der Waals surface area contributed by atoms with Crippen LogP contribution >= 0.6 is 0 Å². The van der Waals surface area contributed by atoms with E-state index in [1.165, 1.54) is 64.2 Å². The van der Waals surface area contributed by atoms with Crippen LogP contribution in [0.5, 0.6) is 0 Å². The van der Waals surface area contributed by atoms with Crippen LogP contribution in [0.2, 0.25) is 0 Å². The van der Waals surface area contributed by atoms with Gasteiger partial charge in [-0.2, -0.15) is 0 Å². The predicted octanol–water partition coefficient (Wildman–Crippen LogP) is 2.82. The maximum Gasteiger partial charge on any atom is 0.0848 e. The predicted molar refractivity (Wildman–Crippen MR) is 89.6 cm³/mol. The Morgan fingerprint density at radius 1 is 0.565 bits per heavy atom. The van der Waals surface area contributed by atoms with Crippen molar-refractivity contribution in [3.63, 3.8) is 0 Å². The summed E-state index contributed by atoms with van der Waals surface area (Å²) in [6.07, 6.45) is 13.3. The molecule has 0 amide bonds. The normalized spacial score (nSPS) is 65.5. The third-order valence-electron chi connectivity index (χ3n) is 9.05. The van der Waals surface area contributed by atoms with Crippen LogP contribution in [0, 0.1) is 35.5 Å². The zero-order valence-electron chi connectivity index (χ0n) is 14.3. The Balaban J connectivity index is 1.36. The van der Waals surface area contributed by atoms with Gasteiger partial charge in [0.25, 0.3) is 0 Å². The number of rotatable bonds is 2. The Morgan fingerprint density at radius 2 is 0.913 bits per heavy atom. The van der Waals surface area contributed by atoms with Gasteiger partial charge in [0, 0.05) is 12.1 Å². The van der Waals surface area contributed by atoms with E-state index >= 15 is 0 Å². The molecular formula is C20H32N2O. The molecule has 23 heavy (non-hydrogen) atoms. The highest BCUT2D eigenvalue weighted by molar-refractivity contribution is 5.16. The van der Waals surface area contributed by atoms with Crippen molar-refractivity contribution < 1.29 is 4.74 Å². The summed E-state index contributed by atoms with van der Waals surface area (Å²) < 4.78 is 7.23. The average molecular weight is 316 g/mol. The summed E-state index contributed by atoms with van der Waals surface area (Å²) >= 11 is 0. The maximum atomic E-state index is 7.23. The second-order valence-electron chi connectivity index (χ2n) is 10.5. The van der Waals surface area contributed by atoms with E-state index in [0.717, 1.165) is 35.5 Å². The number of nitrogens with two attached hydrogens (primary N) is 2.